The Bertz CT molecular complexity index is 1080. The van der Waals surface area contributed by atoms with Crippen LogP contribution < -0.4 is 16.4 Å². The van der Waals surface area contributed by atoms with E-state index in [1.807, 2.05) is 0 Å². The first-order valence-corrected chi connectivity index (χ1v) is 10.8. The second-order valence-electron chi connectivity index (χ2n) is 7.62. The van der Waals surface area contributed by atoms with Gasteiger partial charge in [-0.1, -0.05) is 36.0 Å². The predicted molar refractivity (Wildman–Crippen MR) is 122 cm³/mol. The molecule has 2 atom stereocenters. The Morgan fingerprint density at radius 1 is 1.13 bits per heavy atom. The highest BCUT2D eigenvalue weighted by Crippen LogP contribution is 2.25. The van der Waals surface area contributed by atoms with Gasteiger partial charge < -0.3 is 16.4 Å². The summed E-state index contributed by atoms with van der Waals surface area (Å²) in [6.45, 7) is 0. The topological polar surface area (TPSA) is 111 Å². The van der Waals surface area contributed by atoms with Gasteiger partial charge in [-0.3, -0.25) is 9.48 Å². The van der Waals surface area contributed by atoms with Crippen LogP contribution in [0.25, 0.3) is 11.4 Å². The number of aromatic nitrogens is 4. The molecule has 162 valence electrons. The maximum atomic E-state index is 12.8. The standard InChI is InChI=1S/C21H23Cl2N7O/c1-30-19(20(31)27-16-5-3-2-4-15(16)24)11-18(29-30)17-6-7-25-21(28-17)26-14-9-12(22)8-13(23)10-14/h6-11,15-16H,2-5,24H2,1H3,(H,27,31)(H,25,26,28)/t15-,16-/m0/s1. The van der Waals surface area contributed by atoms with Crippen LogP contribution in [0.1, 0.15) is 36.2 Å². The number of carbonyl (C=O) groups is 1. The zero-order chi connectivity index (χ0) is 22.0. The minimum Gasteiger partial charge on any atom is -0.346 e. The fraction of sp³-hybridized carbons (Fsp3) is 0.333. The van der Waals surface area contributed by atoms with E-state index in [1.165, 1.54) is 0 Å². The zero-order valence-corrected chi connectivity index (χ0v) is 18.5. The molecule has 1 saturated carbocycles. The molecule has 2 heterocycles. The second kappa shape index (κ2) is 9.21. The smallest absolute Gasteiger partial charge is 0.269 e. The van der Waals surface area contributed by atoms with Crippen molar-refractivity contribution in [3.8, 4) is 11.4 Å². The normalized spacial score (nSPS) is 18.6. The van der Waals surface area contributed by atoms with E-state index in [2.05, 4.69) is 25.7 Å². The van der Waals surface area contributed by atoms with Gasteiger partial charge in [0.1, 0.15) is 11.4 Å². The van der Waals surface area contributed by atoms with Gasteiger partial charge >= 0.3 is 0 Å². The summed E-state index contributed by atoms with van der Waals surface area (Å²) in [6.07, 6.45) is 5.62. The lowest BCUT2D eigenvalue weighted by molar-refractivity contribution is 0.0911. The first-order chi connectivity index (χ1) is 14.9. The molecule has 1 aliphatic carbocycles. The monoisotopic (exact) mass is 459 g/mol. The van der Waals surface area contributed by atoms with Crippen LogP contribution >= 0.6 is 23.2 Å². The van der Waals surface area contributed by atoms with Crippen LogP contribution in [0.15, 0.2) is 36.5 Å². The van der Waals surface area contributed by atoms with E-state index in [1.54, 1.807) is 48.3 Å². The highest BCUT2D eigenvalue weighted by molar-refractivity contribution is 6.35. The molecule has 2 aromatic heterocycles. The van der Waals surface area contributed by atoms with Gasteiger partial charge in [-0.25, -0.2) is 9.97 Å². The van der Waals surface area contributed by atoms with Gasteiger partial charge in [0, 0.05) is 41.1 Å². The number of benzene rings is 1. The van der Waals surface area contributed by atoms with Crippen molar-refractivity contribution in [2.45, 2.75) is 37.8 Å². The second-order valence-corrected chi connectivity index (χ2v) is 8.49. The number of nitrogens with one attached hydrogen (secondary N) is 2. The quantitative estimate of drug-likeness (QED) is 0.532. The predicted octanol–water partition coefficient (Wildman–Crippen LogP) is 3.93. The van der Waals surface area contributed by atoms with Gasteiger partial charge in [-0.2, -0.15) is 5.10 Å². The summed E-state index contributed by atoms with van der Waals surface area (Å²) in [5.74, 6) is 0.172. The van der Waals surface area contributed by atoms with Crippen molar-refractivity contribution < 1.29 is 4.79 Å². The number of anilines is 2. The van der Waals surface area contributed by atoms with Crippen molar-refractivity contribution in [1.29, 1.82) is 0 Å². The van der Waals surface area contributed by atoms with Gasteiger partial charge in [0.2, 0.25) is 5.95 Å². The molecule has 1 aromatic carbocycles. The molecule has 8 nitrogen and oxygen atoms in total. The molecule has 1 fully saturated rings. The fourth-order valence-electron chi connectivity index (χ4n) is 3.70. The number of halogens is 2. The highest BCUT2D eigenvalue weighted by Gasteiger charge is 2.25. The van der Waals surface area contributed by atoms with Crippen molar-refractivity contribution in [3.63, 3.8) is 0 Å². The lowest BCUT2D eigenvalue weighted by Gasteiger charge is -2.29. The van der Waals surface area contributed by atoms with E-state index in [4.69, 9.17) is 28.9 Å². The van der Waals surface area contributed by atoms with Gasteiger partial charge in [0.25, 0.3) is 5.91 Å². The Hall–Kier alpha value is -2.68. The average molecular weight is 460 g/mol. The van der Waals surface area contributed by atoms with Crippen molar-refractivity contribution in [3.05, 3.63) is 52.3 Å². The van der Waals surface area contributed by atoms with Gasteiger partial charge in [-0.15, -0.1) is 0 Å². The van der Waals surface area contributed by atoms with Crippen LogP contribution in [0, 0.1) is 0 Å². The minimum atomic E-state index is -0.190. The van der Waals surface area contributed by atoms with E-state index in [0.29, 0.717) is 38.8 Å². The first kappa shape index (κ1) is 21.5. The number of aryl methyl sites for hydroxylation is 1. The number of nitrogens with two attached hydrogens (primary N) is 1. The number of carbonyl (C=O) groups excluding carboxylic acids is 1. The van der Waals surface area contributed by atoms with Crippen LogP contribution in [0.3, 0.4) is 0 Å². The third-order valence-corrected chi connectivity index (χ3v) is 5.72. The molecule has 0 unspecified atom stereocenters. The van der Waals surface area contributed by atoms with Gasteiger partial charge in [-0.05, 0) is 43.2 Å². The first-order valence-electron chi connectivity index (χ1n) is 10.1. The summed E-state index contributed by atoms with van der Waals surface area (Å²) >= 11 is 12.1. The molecular formula is C21H23Cl2N7O. The molecule has 0 aliphatic heterocycles. The molecule has 3 aromatic rings. The number of hydrogen-bond acceptors (Lipinski definition) is 6. The molecule has 31 heavy (non-hydrogen) atoms. The third kappa shape index (κ3) is 5.15. The Labute approximate surface area is 190 Å². The molecule has 0 bridgehead atoms. The van der Waals surface area contributed by atoms with E-state index >= 15 is 0 Å². The van der Waals surface area contributed by atoms with E-state index < -0.39 is 0 Å². The molecule has 0 radical (unpaired) electrons. The third-order valence-electron chi connectivity index (χ3n) is 5.29. The van der Waals surface area contributed by atoms with Crippen LogP contribution in [-0.4, -0.2) is 37.7 Å². The lowest BCUT2D eigenvalue weighted by atomic mass is 9.91. The van der Waals surface area contributed by atoms with E-state index in [-0.39, 0.29) is 18.0 Å². The SMILES string of the molecule is Cn1nc(-c2ccnc(Nc3cc(Cl)cc(Cl)c3)n2)cc1C(=O)N[C@H]1CCCC[C@@H]1N. The summed E-state index contributed by atoms with van der Waals surface area (Å²) in [7, 11) is 1.73. The van der Waals surface area contributed by atoms with Crippen LogP contribution in [-0.2, 0) is 7.05 Å². The van der Waals surface area contributed by atoms with Crippen molar-refractivity contribution in [2.24, 2.45) is 12.8 Å². The number of amides is 1. The molecule has 4 N–H and O–H groups in total. The van der Waals surface area contributed by atoms with Crippen molar-refractivity contribution in [2.75, 3.05) is 5.32 Å². The van der Waals surface area contributed by atoms with Crippen LogP contribution in [0.4, 0.5) is 11.6 Å². The fourth-order valence-corrected chi connectivity index (χ4v) is 4.23. The molecule has 1 aliphatic rings. The minimum absolute atomic E-state index is 0.0131. The Morgan fingerprint density at radius 2 is 1.87 bits per heavy atom. The van der Waals surface area contributed by atoms with E-state index in [9.17, 15) is 4.79 Å². The summed E-state index contributed by atoms with van der Waals surface area (Å²) in [6, 6.07) is 8.51. The maximum Gasteiger partial charge on any atom is 0.269 e. The highest BCUT2D eigenvalue weighted by atomic mass is 35.5. The summed E-state index contributed by atoms with van der Waals surface area (Å²) in [5, 5.41) is 11.6. The summed E-state index contributed by atoms with van der Waals surface area (Å²) in [4.78, 5) is 21.5. The lowest BCUT2D eigenvalue weighted by Crippen LogP contribution is -2.49. The van der Waals surface area contributed by atoms with Crippen LogP contribution in [0.2, 0.25) is 10.0 Å². The Morgan fingerprint density at radius 3 is 2.61 bits per heavy atom. The molecule has 10 heteroatoms. The van der Waals surface area contributed by atoms with Gasteiger partial charge in [0.15, 0.2) is 0 Å². The molecule has 0 spiro atoms. The maximum absolute atomic E-state index is 12.8. The molecule has 0 saturated heterocycles. The number of rotatable bonds is 5. The molecule has 1 amide bonds. The molecular weight excluding hydrogens is 437 g/mol. The van der Waals surface area contributed by atoms with E-state index in [0.717, 1.165) is 25.7 Å². The average Bonchev–Trinajstić information content (AvgIpc) is 3.11. The number of nitrogens with zero attached hydrogens (tertiary/aromatic N) is 4. The zero-order valence-electron chi connectivity index (χ0n) is 17.0. The van der Waals surface area contributed by atoms with Crippen LogP contribution in [0.5, 0.6) is 0 Å². The van der Waals surface area contributed by atoms with Gasteiger partial charge in [0.05, 0.1) is 5.69 Å². The van der Waals surface area contributed by atoms with Crippen molar-refractivity contribution >= 4 is 40.7 Å². The van der Waals surface area contributed by atoms with Crippen molar-refractivity contribution in [1.82, 2.24) is 25.1 Å². The largest absolute Gasteiger partial charge is 0.346 e. The summed E-state index contributed by atoms with van der Waals surface area (Å²) < 4.78 is 1.55. The molecule has 4 rings (SSSR count). The Kier molecular flexibility index (Phi) is 6.41. The Balaban J connectivity index is 1.52. The number of hydrogen-bond donors (Lipinski definition) is 3. The summed E-state index contributed by atoms with van der Waals surface area (Å²) in [5.41, 5.74) is 8.42.